The molecule has 0 radical (unpaired) electrons. The van der Waals surface area contributed by atoms with Gasteiger partial charge in [-0.05, 0) is 38.1 Å². The molecule has 0 atom stereocenters. The highest BCUT2D eigenvalue weighted by molar-refractivity contribution is 5.92. The van der Waals surface area contributed by atoms with Crippen molar-refractivity contribution in [1.29, 1.82) is 0 Å². The van der Waals surface area contributed by atoms with Crippen molar-refractivity contribution in [3.8, 4) is 5.69 Å². The molecule has 0 unspecified atom stereocenters. The first kappa shape index (κ1) is 17.0. The van der Waals surface area contributed by atoms with E-state index in [1.807, 2.05) is 0 Å². The quantitative estimate of drug-likeness (QED) is 0.906. The Morgan fingerprint density at radius 3 is 2.61 bits per heavy atom. The molecule has 23 heavy (non-hydrogen) atoms. The van der Waals surface area contributed by atoms with Gasteiger partial charge in [-0.1, -0.05) is 6.07 Å². The van der Waals surface area contributed by atoms with Gasteiger partial charge in [0.15, 0.2) is 5.69 Å². The number of aliphatic hydroxyl groups is 1. The molecule has 1 amide bonds. The lowest BCUT2D eigenvalue weighted by atomic mass is 10.1. The number of hydrogen-bond donors (Lipinski definition) is 2. The summed E-state index contributed by atoms with van der Waals surface area (Å²) < 4.78 is 39.4. The fourth-order valence-corrected chi connectivity index (χ4v) is 1.82. The Morgan fingerprint density at radius 2 is 2.00 bits per heavy atom. The van der Waals surface area contributed by atoms with Crippen LogP contribution < -0.4 is 5.32 Å². The summed E-state index contributed by atoms with van der Waals surface area (Å²) in [6.07, 6.45) is -3.05. The first-order chi connectivity index (χ1) is 10.6. The number of alkyl halides is 3. The lowest BCUT2D eigenvalue weighted by Crippen LogP contribution is -2.46. The summed E-state index contributed by atoms with van der Waals surface area (Å²) in [5.41, 5.74) is -1.38. The molecule has 2 aromatic rings. The summed E-state index contributed by atoms with van der Waals surface area (Å²) in [6.45, 7) is 3.01. The predicted octanol–water partition coefficient (Wildman–Crippen LogP) is 2.39. The van der Waals surface area contributed by atoms with Crippen LogP contribution >= 0.6 is 0 Å². The third-order valence-electron chi connectivity index (χ3n) is 3.11. The lowest BCUT2D eigenvalue weighted by molar-refractivity contribution is -0.137. The number of nitrogens with one attached hydrogen (secondary N) is 1. The van der Waals surface area contributed by atoms with E-state index >= 15 is 0 Å². The molecular formula is C15H16F3N3O2. The molecule has 2 rings (SSSR count). The third-order valence-corrected chi connectivity index (χ3v) is 3.11. The Bertz CT molecular complexity index is 708. The summed E-state index contributed by atoms with van der Waals surface area (Å²) in [6, 6.07) is 6.04. The third kappa shape index (κ3) is 4.10. The van der Waals surface area contributed by atoms with E-state index in [9.17, 15) is 18.0 Å². The Hall–Kier alpha value is -2.35. The van der Waals surface area contributed by atoms with Gasteiger partial charge in [0.1, 0.15) is 0 Å². The topological polar surface area (TPSA) is 67.2 Å². The van der Waals surface area contributed by atoms with Gasteiger partial charge in [0.2, 0.25) is 0 Å². The first-order valence-corrected chi connectivity index (χ1v) is 6.79. The van der Waals surface area contributed by atoms with Crippen molar-refractivity contribution in [3.05, 3.63) is 47.8 Å². The molecule has 0 spiro atoms. The molecule has 0 aliphatic carbocycles. The number of benzene rings is 1. The van der Waals surface area contributed by atoms with E-state index in [1.54, 1.807) is 13.8 Å². The molecule has 1 heterocycles. The lowest BCUT2D eigenvalue weighted by Gasteiger charge is -2.22. The fraction of sp³-hybridized carbons (Fsp3) is 0.333. The maximum atomic E-state index is 12.7. The summed E-state index contributed by atoms with van der Waals surface area (Å²) in [5, 5.41) is 15.7. The van der Waals surface area contributed by atoms with E-state index in [0.29, 0.717) is 0 Å². The summed E-state index contributed by atoms with van der Waals surface area (Å²) in [4.78, 5) is 12.0. The molecule has 8 heteroatoms. The van der Waals surface area contributed by atoms with Gasteiger partial charge in [0.05, 0.1) is 23.4 Å². The van der Waals surface area contributed by atoms with Crippen molar-refractivity contribution in [2.45, 2.75) is 25.6 Å². The number of aliphatic hydroxyl groups excluding tert-OH is 1. The minimum Gasteiger partial charge on any atom is -0.394 e. The minimum absolute atomic E-state index is 0.0453. The normalized spacial score (nSPS) is 12.3. The Kier molecular flexibility index (Phi) is 4.46. The van der Waals surface area contributed by atoms with Gasteiger partial charge in [-0.25, -0.2) is 4.68 Å². The number of amides is 1. The van der Waals surface area contributed by atoms with Crippen LogP contribution in [-0.4, -0.2) is 32.9 Å². The molecule has 0 saturated carbocycles. The number of carbonyl (C=O) groups excluding carboxylic acids is 1. The number of halogens is 3. The highest BCUT2D eigenvalue weighted by Gasteiger charge is 2.30. The van der Waals surface area contributed by atoms with Crippen molar-refractivity contribution < 1.29 is 23.1 Å². The van der Waals surface area contributed by atoms with Crippen LogP contribution in [0.5, 0.6) is 0 Å². The summed E-state index contributed by atoms with van der Waals surface area (Å²) in [7, 11) is 0. The number of nitrogens with zero attached hydrogens (tertiary/aromatic N) is 2. The van der Waals surface area contributed by atoms with Crippen molar-refractivity contribution in [3.63, 3.8) is 0 Å². The van der Waals surface area contributed by atoms with E-state index in [2.05, 4.69) is 10.4 Å². The van der Waals surface area contributed by atoms with Crippen LogP contribution in [-0.2, 0) is 6.18 Å². The molecule has 2 N–H and O–H groups in total. The molecule has 5 nitrogen and oxygen atoms in total. The van der Waals surface area contributed by atoms with Gasteiger partial charge < -0.3 is 10.4 Å². The number of hydrogen-bond acceptors (Lipinski definition) is 3. The fourth-order valence-electron chi connectivity index (χ4n) is 1.82. The second-order valence-electron chi connectivity index (χ2n) is 5.69. The molecule has 1 aromatic heterocycles. The van der Waals surface area contributed by atoms with Crippen molar-refractivity contribution >= 4 is 5.91 Å². The van der Waals surface area contributed by atoms with Gasteiger partial charge in [0.25, 0.3) is 5.91 Å². The van der Waals surface area contributed by atoms with E-state index < -0.39 is 23.2 Å². The van der Waals surface area contributed by atoms with Crippen LogP contribution in [0.15, 0.2) is 36.5 Å². The zero-order chi connectivity index (χ0) is 17.3. The highest BCUT2D eigenvalue weighted by Crippen LogP contribution is 2.30. The van der Waals surface area contributed by atoms with Gasteiger partial charge in [-0.2, -0.15) is 18.3 Å². The van der Waals surface area contributed by atoms with Crippen LogP contribution in [0.2, 0.25) is 0 Å². The van der Waals surface area contributed by atoms with Crippen molar-refractivity contribution in [2.75, 3.05) is 6.61 Å². The van der Waals surface area contributed by atoms with Crippen molar-refractivity contribution in [2.24, 2.45) is 0 Å². The van der Waals surface area contributed by atoms with E-state index in [1.165, 1.54) is 29.1 Å². The van der Waals surface area contributed by atoms with Crippen molar-refractivity contribution in [1.82, 2.24) is 15.1 Å². The predicted molar refractivity (Wildman–Crippen MR) is 77.2 cm³/mol. The molecule has 0 aliphatic heterocycles. The molecule has 0 saturated heterocycles. The maximum Gasteiger partial charge on any atom is 0.416 e. The Balaban J connectivity index is 2.24. The molecule has 0 bridgehead atoms. The van der Waals surface area contributed by atoms with Crippen LogP contribution in [0, 0.1) is 0 Å². The molecular weight excluding hydrogens is 311 g/mol. The van der Waals surface area contributed by atoms with E-state index in [4.69, 9.17) is 5.11 Å². The zero-order valence-corrected chi connectivity index (χ0v) is 12.6. The van der Waals surface area contributed by atoms with E-state index in [0.717, 1.165) is 12.1 Å². The maximum absolute atomic E-state index is 12.7. The highest BCUT2D eigenvalue weighted by atomic mass is 19.4. The average Bonchev–Trinajstić information content (AvgIpc) is 2.96. The van der Waals surface area contributed by atoms with Gasteiger partial charge >= 0.3 is 6.18 Å². The van der Waals surface area contributed by atoms with Gasteiger partial charge in [-0.15, -0.1) is 0 Å². The van der Waals surface area contributed by atoms with Crippen LogP contribution in [0.3, 0.4) is 0 Å². The zero-order valence-electron chi connectivity index (χ0n) is 12.6. The van der Waals surface area contributed by atoms with Gasteiger partial charge in [-0.3, -0.25) is 4.79 Å². The minimum atomic E-state index is -4.45. The number of rotatable bonds is 4. The number of aromatic nitrogens is 2. The molecule has 0 fully saturated rings. The van der Waals surface area contributed by atoms with Crippen LogP contribution in [0.25, 0.3) is 5.69 Å². The average molecular weight is 327 g/mol. The second-order valence-corrected chi connectivity index (χ2v) is 5.69. The standard InChI is InChI=1S/C15H16F3N3O2/c1-14(2,9-22)19-13(23)12-6-7-21(20-12)11-5-3-4-10(8-11)15(16,17)18/h3-8,22H,9H2,1-2H3,(H,19,23). The first-order valence-electron chi connectivity index (χ1n) is 6.79. The van der Waals surface area contributed by atoms with Crippen LogP contribution in [0.1, 0.15) is 29.9 Å². The molecule has 124 valence electrons. The largest absolute Gasteiger partial charge is 0.416 e. The second kappa shape index (κ2) is 6.04. The summed E-state index contributed by atoms with van der Waals surface area (Å²) >= 11 is 0. The van der Waals surface area contributed by atoms with Gasteiger partial charge in [0, 0.05) is 6.20 Å². The number of carbonyl (C=O) groups is 1. The van der Waals surface area contributed by atoms with Crippen LogP contribution in [0.4, 0.5) is 13.2 Å². The monoisotopic (exact) mass is 327 g/mol. The smallest absolute Gasteiger partial charge is 0.394 e. The Morgan fingerprint density at radius 1 is 1.30 bits per heavy atom. The Labute approximate surface area is 130 Å². The molecule has 0 aliphatic rings. The van der Waals surface area contributed by atoms with E-state index in [-0.39, 0.29) is 18.0 Å². The summed E-state index contributed by atoms with van der Waals surface area (Å²) in [5.74, 6) is -0.519. The SMILES string of the molecule is CC(C)(CO)NC(=O)c1ccn(-c2cccc(C(F)(F)F)c2)n1. The molecule has 1 aromatic carbocycles.